The van der Waals surface area contributed by atoms with Gasteiger partial charge in [-0.3, -0.25) is 14.9 Å². The highest BCUT2D eigenvalue weighted by molar-refractivity contribution is 9.10. The molecule has 3 aliphatic heterocycles. The molecule has 0 unspecified atom stereocenters. The number of barbiturate groups is 1. The zero-order chi connectivity index (χ0) is 30.4. The summed E-state index contributed by atoms with van der Waals surface area (Å²) in [6, 6.07) is 29.2. The molecule has 0 spiro atoms. The zero-order valence-corrected chi connectivity index (χ0v) is 25.7. The number of carbonyl (C=O) groups excluding carboxylic acids is 3. The normalized spacial score (nSPS) is 20.4. The summed E-state index contributed by atoms with van der Waals surface area (Å²) in [5, 5.41) is 2.40. The summed E-state index contributed by atoms with van der Waals surface area (Å²) in [7, 11) is 1.57. The smallest absolute Gasteiger partial charge is 0.335 e. The van der Waals surface area contributed by atoms with Crippen LogP contribution in [0.4, 0.5) is 16.2 Å². The second-order valence-electron chi connectivity index (χ2n) is 11.3. The first-order valence-corrected chi connectivity index (χ1v) is 15.5. The van der Waals surface area contributed by atoms with E-state index in [2.05, 4.69) is 50.4 Å². The van der Waals surface area contributed by atoms with E-state index in [1.165, 1.54) is 22.9 Å². The highest BCUT2D eigenvalue weighted by Crippen LogP contribution is 2.50. The molecule has 4 aromatic rings. The van der Waals surface area contributed by atoms with Gasteiger partial charge in [-0.1, -0.05) is 66.7 Å². The van der Waals surface area contributed by atoms with E-state index in [-0.39, 0.29) is 17.4 Å². The number of anilines is 2. The number of ether oxygens (including phenoxy) is 1. The fourth-order valence-corrected chi connectivity index (χ4v) is 7.36. The van der Waals surface area contributed by atoms with Crippen molar-refractivity contribution < 1.29 is 19.1 Å². The summed E-state index contributed by atoms with van der Waals surface area (Å²) in [6.07, 6.45) is 3.35. The first-order chi connectivity index (χ1) is 21.4. The molecule has 220 valence electrons. The van der Waals surface area contributed by atoms with Crippen LogP contribution in [-0.4, -0.2) is 38.0 Å². The lowest BCUT2D eigenvalue weighted by Gasteiger charge is -2.44. The maximum Gasteiger partial charge on any atom is 0.335 e. The summed E-state index contributed by atoms with van der Waals surface area (Å²) in [5.74, 6) is -0.549. The third-order valence-electron chi connectivity index (χ3n) is 8.85. The Hall–Kier alpha value is -4.69. The molecule has 4 aromatic carbocycles. The highest BCUT2D eigenvalue weighted by atomic mass is 79.9. The Labute approximate surface area is 264 Å². The molecule has 1 saturated heterocycles. The number of benzene rings is 4. The molecule has 3 aliphatic rings. The molecule has 1 fully saturated rings. The Balaban J connectivity index is 1.38. The molecule has 7 rings (SSSR count). The second kappa shape index (κ2) is 11.4. The maximum absolute atomic E-state index is 14.0. The van der Waals surface area contributed by atoms with Crippen molar-refractivity contribution in [2.45, 2.75) is 24.7 Å². The van der Waals surface area contributed by atoms with Crippen LogP contribution in [0.2, 0.25) is 0 Å². The molecular weight excluding hydrogens is 618 g/mol. The number of carbonyl (C=O) groups is 3. The SMILES string of the molecule is COc1ccc(/C=C2\C(=O)NC(=O)N(c3cc4c5c(c3)[C@H](c3ccccc3)CCN5CC[C@@H]4c3ccccc3)C2=O)cc1Br. The number of hydrogen-bond donors (Lipinski definition) is 1. The van der Waals surface area contributed by atoms with Crippen LogP contribution in [0.25, 0.3) is 6.08 Å². The van der Waals surface area contributed by atoms with E-state index in [9.17, 15) is 14.4 Å². The van der Waals surface area contributed by atoms with Crippen LogP contribution in [0.1, 0.15) is 52.5 Å². The molecule has 8 heteroatoms. The standard InChI is InChI=1S/C36H30BrN3O4/c1-44-32-13-12-22(19-31(32)37)18-30-34(41)38-36(43)40(35(30)42)25-20-28-26(23-8-4-2-5-9-23)14-16-39-17-15-27(29(21-25)33(28)39)24-10-6-3-7-11-24/h2-13,18-21,26-27H,14-17H2,1H3,(H,38,41,43)/b30-18+/t26-,27+. The number of nitrogens with one attached hydrogen (secondary N) is 1. The Morgan fingerprint density at radius 3 is 1.95 bits per heavy atom. The van der Waals surface area contributed by atoms with Crippen molar-refractivity contribution in [2.24, 2.45) is 0 Å². The average Bonchev–Trinajstić information content (AvgIpc) is 3.04. The molecule has 1 N–H and O–H groups in total. The van der Waals surface area contributed by atoms with Gasteiger partial charge in [-0.05, 0) is 86.9 Å². The summed E-state index contributed by atoms with van der Waals surface area (Å²) in [4.78, 5) is 44.0. The number of rotatable bonds is 5. The van der Waals surface area contributed by atoms with E-state index in [0.29, 0.717) is 21.5 Å². The minimum atomic E-state index is -0.754. The van der Waals surface area contributed by atoms with Crippen molar-refractivity contribution in [3.05, 3.63) is 129 Å². The van der Waals surface area contributed by atoms with Crippen molar-refractivity contribution in [1.29, 1.82) is 0 Å². The monoisotopic (exact) mass is 647 g/mol. The maximum atomic E-state index is 14.0. The van der Waals surface area contributed by atoms with Crippen molar-refractivity contribution >= 4 is 51.2 Å². The van der Waals surface area contributed by atoms with Crippen molar-refractivity contribution in [1.82, 2.24) is 5.32 Å². The van der Waals surface area contributed by atoms with E-state index in [4.69, 9.17) is 4.74 Å². The summed E-state index contributed by atoms with van der Waals surface area (Å²) in [6.45, 7) is 1.87. The van der Waals surface area contributed by atoms with Crippen LogP contribution in [0.5, 0.6) is 5.75 Å². The summed E-state index contributed by atoms with van der Waals surface area (Å²) in [5.41, 5.74) is 6.74. The van der Waals surface area contributed by atoms with Gasteiger partial charge >= 0.3 is 6.03 Å². The molecule has 0 aromatic heterocycles. The van der Waals surface area contributed by atoms with Gasteiger partial charge in [-0.25, -0.2) is 9.69 Å². The third kappa shape index (κ3) is 4.89. The fraction of sp³-hybridized carbons (Fsp3) is 0.194. The van der Waals surface area contributed by atoms with Crippen molar-refractivity contribution in [3.8, 4) is 5.75 Å². The molecule has 4 amide bonds. The predicted molar refractivity (Wildman–Crippen MR) is 174 cm³/mol. The number of amides is 4. The lowest BCUT2D eigenvalue weighted by Crippen LogP contribution is -2.54. The van der Waals surface area contributed by atoms with E-state index in [1.807, 2.05) is 48.5 Å². The average molecular weight is 649 g/mol. The number of urea groups is 1. The van der Waals surface area contributed by atoms with Crippen LogP contribution < -0.4 is 19.9 Å². The van der Waals surface area contributed by atoms with Gasteiger partial charge in [0, 0.05) is 30.6 Å². The third-order valence-corrected chi connectivity index (χ3v) is 9.47. The van der Waals surface area contributed by atoms with Crippen molar-refractivity contribution in [2.75, 3.05) is 30.0 Å². The van der Waals surface area contributed by atoms with Gasteiger partial charge in [0.1, 0.15) is 11.3 Å². The lowest BCUT2D eigenvalue weighted by atomic mass is 9.76. The van der Waals surface area contributed by atoms with Gasteiger partial charge in [0.15, 0.2) is 0 Å². The summed E-state index contributed by atoms with van der Waals surface area (Å²) < 4.78 is 6.00. The Bertz CT molecular complexity index is 1750. The molecular formula is C36H30BrN3O4. The summed E-state index contributed by atoms with van der Waals surface area (Å²) >= 11 is 3.46. The first kappa shape index (κ1) is 28.1. The topological polar surface area (TPSA) is 79.0 Å². The number of methoxy groups -OCH3 is 1. The van der Waals surface area contributed by atoms with Gasteiger partial charge in [0.2, 0.25) is 0 Å². The van der Waals surface area contributed by atoms with E-state index in [0.717, 1.165) is 42.0 Å². The van der Waals surface area contributed by atoms with Gasteiger partial charge < -0.3 is 9.64 Å². The molecule has 0 saturated carbocycles. The number of nitrogens with zero attached hydrogens (tertiary/aromatic N) is 2. The first-order valence-electron chi connectivity index (χ1n) is 14.7. The Kier molecular flexibility index (Phi) is 7.30. The molecule has 0 bridgehead atoms. The van der Waals surface area contributed by atoms with Crippen LogP contribution in [0.15, 0.2) is 101 Å². The Morgan fingerprint density at radius 2 is 1.41 bits per heavy atom. The molecule has 7 nitrogen and oxygen atoms in total. The molecule has 44 heavy (non-hydrogen) atoms. The number of hydrogen-bond acceptors (Lipinski definition) is 5. The van der Waals surface area contributed by atoms with Crippen LogP contribution in [-0.2, 0) is 9.59 Å². The zero-order valence-electron chi connectivity index (χ0n) is 24.1. The van der Waals surface area contributed by atoms with Crippen LogP contribution in [0.3, 0.4) is 0 Å². The molecule has 0 aliphatic carbocycles. The Morgan fingerprint density at radius 1 is 0.818 bits per heavy atom. The van der Waals surface area contributed by atoms with Gasteiger partial charge in [0.25, 0.3) is 11.8 Å². The van der Waals surface area contributed by atoms with Gasteiger partial charge in [0.05, 0.1) is 17.3 Å². The van der Waals surface area contributed by atoms with E-state index < -0.39 is 17.8 Å². The lowest BCUT2D eigenvalue weighted by molar-refractivity contribution is -0.122. The van der Waals surface area contributed by atoms with Gasteiger partial charge in [-0.15, -0.1) is 0 Å². The number of imide groups is 2. The number of halogens is 1. The fourth-order valence-electron chi connectivity index (χ4n) is 6.80. The largest absolute Gasteiger partial charge is 0.496 e. The van der Waals surface area contributed by atoms with E-state index in [1.54, 1.807) is 25.3 Å². The minimum absolute atomic E-state index is 0.104. The molecule has 2 atom stereocenters. The second-order valence-corrected chi connectivity index (χ2v) is 12.2. The highest BCUT2D eigenvalue weighted by Gasteiger charge is 2.40. The van der Waals surface area contributed by atoms with Crippen LogP contribution in [0, 0.1) is 0 Å². The van der Waals surface area contributed by atoms with Crippen LogP contribution >= 0.6 is 15.9 Å². The quantitative estimate of drug-likeness (QED) is 0.186. The molecule has 0 radical (unpaired) electrons. The minimum Gasteiger partial charge on any atom is -0.496 e. The predicted octanol–water partition coefficient (Wildman–Crippen LogP) is 7.00. The van der Waals surface area contributed by atoms with E-state index >= 15 is 0 Å². The van der Waals surface area contributed by atoms with Crippen molar-refractivity contribution in [3.63, 3.8) is 0 Å². The van der Waals surface area contributed by atoms with Gasteiger partial charge in [-0.2, -0.15) is 0 Å². The molecule has 3 heterocycles.